The standard InChI is InChI=1S/C17H25N7/c1-3-23-8-10-24(11-9-23)12-15-20-16(18)22-17(21-15)19-14-6-4-13(2)5-7-14/h4-7H,3,8-12H2,1-2H3,(H3,18,19,20,21,22)/p+2. The maximum absolute atomic E-state index is 5.87. The van der Waals surface area contributed by atoms with E-state index in [1.165, 1.54) is 30.1 Å². The Morgan fingerprint density at radius 2 is 1.67 bits per heavy atom. The largest absolute Gasteiger partial charge is 0.368 e. The smallest absolute Gasteiger partial charge is 0.232 e. The highest BCUT2D eigenvalue weighted by Crippen LogP contribution is 2.14. The van der Waals surface area contributed by atoms with Crippen LogP contribution in [0.25, 0.3) is 0 Å². The third-order valence-electron chi connectivity index (χ3n) is 4.58. The number of hydrogen-bond donors (Lipinski definition) is 4. The van der Waals surface area contributed by atoms with Gasteiger partial charge in [-0.3, -0.25) is 0 Å². The minimum Gasteiger partial charge on any atom is -0.368 e. The molecule has 128 valence electrons. The van der Waals surface area contributed by atoms with Crippen LogP contribution in [0.1, 0.15) is 18.3 Å². The van der Waals surface area contributed by atoms with E-state index in [1.54, 1.807) is 4.90 Å². The summed E-state index contributed by atoms with van der Waals surface area (Å²) >= 11 is 0. The quantitative estimate of drug-likeness (QED) is 0.554. The summed E-state index contributed by atoms with van der Waals surface area (Å²) in [7, 11) is 0. The number of nitrogens with two attached hydrogens (primary N) is 1. The van der Waals surface area contributed by atoms with Gasteiger partial charge < -0.3 is 20.9 Å². The predicted molar refractivity (Wildman–Crippen MR) is 94.3 cm³/mol. The lowest BCUT2D eigenvalue weighted by Crippen LogP contribution is -3.27. The van der Waals surface area contributed by atoms with Gasteiger partial charge in [0.15, 0.2) is 5.82 Å². The molecule has 7 nitrogen and oxygen atoms in total. The molecular formula is C17H27N7+2. The number of likely N-dealkylation sites (N-methyl/N-ethyl adjacent to an activating group) is 1. The zero-order valence-electron chi connectivity index (χ0n) is 14.5. The highest BCUT2D eigenvalue weighted by atomic mass is 15.3. The topological polar surface area (TPSA) is 85.6 Å². The van der Waals surface area contributed by atoms with E-state index < -0.39 is 0 Å². The molecule has 2 aromatic rings. The molecule has 0 saturated carbocycles. The third-order valence-corrected chi connectivity index (χ3v) is 4.58. The van der Waals surface area contributed by atoms with Crippen molar-refractivity contribution in [3.8, 4) is 0 Å². The number of aromatic nitrogens is 3. The fraction of sp³-hybridized carbons (Fsp3) is 0.471. The molecule has 1 aromatic heterocycles. The van der Waals surface area contributed by atoms with E-state index in [0.29, 0.717) is 5.95 Å². The molecule has 0 spiro atoms. The van der Waals surface area contributed by atoms with Crippen molar-refractivity contribution in [2.24, 2.45) is 0 Å². The van der Waals surface area contributed by atoms with Gasteiger partial charge in [-0.2, -0.15) is 15.0 Å². The minimum atomic E-state index is 0.270. The molecule has 5 N–H and O–H groups in total. The van der Waals surface area contributed by atoms with Crippen LogP contribution in [0.5, 0.6) is 0 Å². The molecule has 0 atom stereocenters. The van der Waals surface area contributed by atoms with E-state index in [-0.39, 0.29) is 5.95 Å². The number of rotatable bonds is 5. The Kier molecular flexibility index (Phi) is 5.22. The molecule has 0 radical (unpaired) electrons. The zero-order chi connectivity index (χ0) is 16.9. The number of aryl methyl sites for hydroxylation is 1. The molecule has 0 unspecified atom stereocenters. The van der Waals surface area contributed by atoms with Crippen LogP contribution in [0.4, 0.5) is 17.6 Å². The second-order valence-corrected chi connectivity index (χ2v) is 6.45. The summed E-state index contributed by atoms with van der Waals surface area (Å²) in [5.41, 5.74) is 8.04. The van der Waals surface area contributed by atoms with Crippen LogP contribution < -0.4 is 20.9 Å². The van der Waals surface area contributed by atoms with Gasteiger partial charge in [-0.05, 0) is 26.0 Å². The summed E-state index contributed by atoms with van der Waals surface area (Å²) in [5, 5.41) is 3.21. The molecule has 1 fully saturated rings. The van der Waals surface area contributed by atoms with Gasteiger partial charge in [0.05, 0.1) is 6.54 Å². The maximum Gasteiger partial charge on any atom is 0.232 e. The highest BCUT2D eigenvalue weighted by Gasteiger charge is 2.22. The number of nitrogens with zero attached hydrogens (tertiary/aromatic N) is 3. The average Bonchev–Trinajstić information content (AvgIpc) is 2.57. The lowest BCUT2D eigenvalue weighted by molar-refractivity contribution is -1.02. The SMILES string of the molecule is CC[NH+]1CC[NH+](Cc2nc(N)nc(Nc3ccc(C)cc3)n2)CC1. The fourth-order valence-electron chi connectivity index (χ4n) is 3.05. The second kappa shape index (κ2) is 7.55. The minimum absolute atomic E-state index is 0.270. The number of piperazine rings is 1. The van der Waals surface area contributed by atoms with Gasteiger partial charge in [0.2, 0.25) is 11.9 Å². The summed E-state index contributed by atoms with van der Waals surface area (Å²) in [6.45, 7) is 11.0. The Balaban J connectivity index is 1.66. The van der Waals surface area contributed by atoms with E-state index >= 15 is 0 Å². The van der Waals surface area contributed by atoms with Crippen LogP contribution in [-0.4, -0.2) is 47.7 Å². The molecule has 1 aromatic carbocycles. The number of nitrogen functional groups attached to an aromatic ring is 1. The molecule has 1 saturated heterocycles. The van der Waals surface area contributed by atoms with Gasteiger partial charge >= 0.3 is 0 Å². The van der Waals surface area contributed by atoms with Crippen LogP contribution in [0.2, 0.25) is 0 Å². The average molecular weight is 329 g/mol. The van der Waals surface area contributed by atoms with Gasteiger partial charge in [-0.15, -0.1) is 0 Å². The summed E-state index contributed by atoms with van der Waals surface area (Å²) in [5.74, 6) is 1.54. The first-order chi connectivity index (χ1) is 11.6. The molecule has 0 aliphatic carbocycles. The summed E-state index contributed by atoms with van der Waals surface area (Å²) < 4.78 is 0. The van der Waals surface area contributed by atoms with Gasteiger partial charge in [0.25, 0.3) is 0 Å². The highest BCUT2D eigenvalue weighted by molar-refractivity contribution is 5.54. The van der Waals surface area contributed by atoms with Gasteiger partial charge in [-0.25, -0.2) is 0 Å². The van der Waals surface area contributed by atoms with Crippen molar-refractivity contribution >= 4 is 17.6 Å². The Bertz CT molecular complexity index is 663. The Morgan fingerprint density at radius 1 is 1.00 bits per heavy atom. The molecule has 0 bridgehead atoms. The molecule has 24 heavy (non-hydrogen) atoms. The van der Waals surface area contributed by atoms with E-state index in [4.69, 9.17) is 5.73 Å². The van der Waals surface area contributed by atoms with E-state index in [1.807, 2.05) is 24.3 Å². The van der Waals surface area contributed by atoms with Crippen molar-refractivity contribution < 1.29 is 9.80 Å². The predicted octanol–water partition coefficient (Wildman–Crippen LogP) is -1.19. The Labute approximate surface area is 142 Å². The van der Waals surface area contributed by atoms with Gasteiger partial charge in [-0.1, -0.05) is 17.7 Å². The first kappa shape index (κ1) is 16.6. The Morgan fingerprint density at radius 3 is 2.33 bits per heavy atom. The number of nitrogens with one attached hydrogen (secondary N) is 3. The van der Waals surface area contributed by atoms with Crippen LogP contribution in [0.15, 0.2) is 24.3 Å². The zero-order valence-corrected chi connectivity index (χ0v) is 14.5. The molecular weight excluding hydrogens is 302 g/mol. The maximum atomic E-state index is 5.87. The normalized spacial score (nSPS) is 20.8. The molecule has 0 amide bonds. The molecule has 7 heteroatoms. The molecule has 3 rings (SSSR count). The summed E-state index contributed by atoms with van der Waals surface area (Å²) in [4.78, 5) is 16.2. The number of quaternary nitrogens is 2. The number of benzene rings is 1. The van der Waals surface area contributed by atoms with Gasteiger partial charge in [0.1, 0.15) is 32.7 Å². The monoisotopic (exact) mass is 329 g/mol. The first-order valence-corrected chi connectivity index (χ1v) is 8.63. The van der Waals surface area contributed by atoms with Crippen molar-refractivity contribution in [2.75, 3.05) is 43.8 Å². The first-order valence-electron chi connectivity index (χ1n) is 8.63. The van der Waals surface area contributed by atoms with Crippen molar-refractivity contribution in [3.63, 3.8) is 0 Å². The fourth-order valence-corrected chi connectivity index (χ4v) is 3.05. The molecule has 1 aliphatic heterocycles. The lowest BCUT2D eigenvalue weighted by atomic mass is 10.2. The summed E-state index contributed by atoms with van der Waals surface area (Å²) in [6.07, 6.45) is 0. The van der Waals surface area contributed by atoms with Crippen molar-refractivity contribution in [1.82, 2.24) is 15.0 Å². The number of hydrogen-bond acceptors (Lipinski definition) is 5. The van der Waals surface area contributed by atoms with Crippen LogP contribution in [0.3, 0.4) is 0 Å². The number of anilines is 3. The molecule has 2 heterocycles. The van der Waals surface area contributed by atoms with Crippen LogP contribution >= 0.6 is 0 Å². The van der Waals surface area contributed by atoms with E-state index in [0.717, 1.165) is 31.1 Å². The van der Waals surface area contributed by atoms with Gasteiger partial charge in [0, 0.05) is 5.69 Å². The second-order valence-electron chi connectivity index (χ2n) is 6.45. The van der Waals surface area contributed by atoms with Crippen LogP contribution in [0, 0.1) is 6.92 Å². The van der Waals surface area contributed by atoms with Crippen molar-refractivity contribution in [2.45, 2.75) is 20.4 Å². The van der Waals surface area contributed by atoms with E-state index in [9.17, 15) is 0 Å². The molecule has 1 aliphatic rings. The Hall–Kier alpha value is -2.25. The summed E-state index contributed by atoms with van der Waals surface area (Å²) in [6, 6.07) is 8.11. The van der Waals surface area contributed by atoms with Crippen LogP contribution in [-0.2, 0) is 6.54 Å². The third kappa shape index (κ3) is 4.39. The lowest BCUT2D eigenvalue weighted by Gasteiger charge is -2.28. The van der Waals surface area contributed by atoms with E-state index in [2.05, 4.69) is 34.1 Å². The van der Waals surface area contributed by atoms with Crippen molar-refractivity contribution in [1.29, 1.82) is 0 Å². The van der Waals surface area contributed by atoms with Crippen molar-refractivity contribution in [3.05, 3.63) is 35.7 Å².